The van der Waals surface area contributed by atoms with Gasteiger partial charge in [-0.3, -0.25) is 9.89 Å². The molecule has 0 radical (unpaired) electrons. The van der Waals surface area contributed by atoms with Crippen molar-refractivity contribution in [3.05, 3.63) is 65.2 Å². The van der Waals surface area contributed by atoms with Gasteiger partial charge in [0.2, 0.25) is 0 Å². The van der Waals surface area contributed by atoms with Crippen LogP contribution in [0.15, 0.2) is 53.5 Å². The predicted molar refractivity (Wildman–Crippen MR) is 126 cm³/mol. The van der Waals surface area contributed by atoms with Crippen molar-refractivity contribution in [2.24, 2.45) is 10.9 Å². The Balaban J connectivity index is 1.48. The number of hydrogen-bond donors (Lipinski definition) is 2. The number of benzene rings is 2. The molecule has 0 amide bonds. The molecule has 1 saturated heterocycles. The van der Waals surface area contributed by atoms with E-state index in [-0.39, 0.29) is 0 Å². The van der Waals surface area contributed by atoms with Crippen molar-refractivity contribution in [2.75, 3.05) is 40.0 Å². The number of nitrogens with one attached hydrogen (secondary N) is 2. The molecule has 2 aromatic carbocycles. The summed E-state index contributed by atoms with van der Waals surface area (Å²) in [6.45, 7) is 11.1. The van der Waals surface area contributed by atoms with Gasteiger partial charge in [-0.2, -0.15) is 0 Å². The van der Waals surface area contributed by atoms with E-state index in [9.17, 15) is 0 Å². The van der Waals surface area contributed by atoms with Crippen LogP contribution in [0.5, 0.6) is 5.75 Å². The van der Waals surface area contributed by atoms with Gasteiger partial charge in [-0.1, -0.05) is 50.2 Å². The van der Waals surface area contributed by atoms with E-state index in [1.807, 2.05) is 12.1 Å². The topological polar surface area (TPSA) is 58.1 Å². The Labute approximate surface area is 186 Å². The molecule has 0 unspecified atom stereocenters. The van der Waals surface area contributed by atoms with Crippen molar-refractivity contribution in [1.82, 2.24) is 15.5 Å². The van der Waals surface area contributed by atoms with Crippen molar-refractivity contribution in [3.8, 4) is 5.75 Å². The molecule has 1 aliphatic rings. The zero-order chi connectivity index (χ0) is 21.9. The van der Waals surface area contributed by atoms with Crippen molar-refractivity contribution >= 4 is 5.96 Å². The van der Waals surface area contributed by atoms with Crippen LogP contribution in [-0.2, 0) is 24.4 Å². The van der Waals surface area contributed by atoms with Crippen LogP contribution in [0.1, 0.15) is 30.5 Å². The summed E-state index contributed by atoms with van der Waals surface area (Å²) in [6, 6.07) is 16.8. The molecule has 0 saturated carbocycles. The van der Waals surface area contributed by atoms with Crippen LogP contribution < -0.4 is 15.4 Å². The van der Waals surface area contributed by atoms with E-state index in [2.05, 4.69) is 70.8 Å². The second kappa shape index (κ2) is 12.3. The fourth-order valence-electron chi connectivity index (χ4n) is 3.44. The van der Waals surface area contributed by atoms with Gasteiger partial charge in [0.25, 0.3) is 0 Å². The molecule has 1 heterocycles. The first-order valence-electron chi connectivity index (χ1n) is 11.2. The smallest absolute Gasteiger partial charge is 0.191 e. The third-order valence-corrected chi connectivity index (χ3v) is 5.25. The van der Waals surface area contributed by atoms with Gasteiger partial charge < -0.3 is 20.1 Å². The van der Waals surface area contributed by atoms with Crippen LogP contribution in [0.3, 0.4) is 0 Å². The summed E-state index contributed by atoms with van der Waals surface area (Å²) in [4.78, 5) is 6.82. The summed E-state index contributed by atoms with van der Waals surface area (Å²) in [5.74, 6) is 2.23. The third-order valence-electron chi connectivity index (χ3n) is 5.25. The molecule has 6 heteroatoms. The Bertz CT molecular complexity index is 815. The molecule has 6 nitrogen and oxygen atoms in total. The lowest BCUT2D eigenvalue weighted by atomic mass is 10.1. The largest absolute Gasteiger partial charge is 0.493 e. The van der Waals surface area contributed by atoms with Gasteiger partial charge in [0.1, 0.15) is 5.75 Å². The first-order chi connectivity index (χ1) is 15.1. The molecule has 3 rings (SSSR count). The lowest BCUT2D eigenvalue weighted by Gasteiger charge is -2.27. The second-order valence-corrected chi connectivity index (χ2v) is 8.29. The maximum absolute atomic E-state index is 5.76. The molecule has 168 valence electrons. The summed E-state index contributed by atoms with van der Waals surface area (Å²) in [7, 11) is 1.80. The van der Waals surface area contributed by atoms with E-state index in [1.54, 1.807) is 7.05 Å². The summed E-state index contributed by atoms with van der Waals surface area (Å²) in [5, 5.41) is 6.85. The van der Waals surface area contributed by atoms with Crippen LogP contribution in [0.4, 0.5) is 0 Å². The number of nitrogens with zero attached hydrogens (tertiary/aromatic N) is 2. The predicted octanol–water partition coefficient (Wildman–Crippen LogP) is 3.42. The molecule has 0 bridgehead atoms. The lowest BCUT2D eigenvalue weighted by Crippen LogP contribution is -2.37. The number of aliphatic imine (C=N–C) groups is 1. The van der Waals surface area contributed by atoms with E-state index >= 15 is 0 Å². The van der Waals surface area contributed by atoms with Gasteiger partial charge in [0, 0.05) is 39.8 Å². The quantitative estimate of drug-likeness (QED) is 0.477. The summed E-state index contributed by atoms with van der Waals surface area (Å²) in [6.07, 6.45) is 0. The lowest BCUT2D eigenvalue weighted by molar-refractivity contribution is 0.0341. The zero-order valence-corrected chi connectivity index (χ0v) is 19.1. The normalized spacial score (nSPS) is 15.2. The zero-order valence-electron chi connectivity index (χ0n) is 19.1. The first kappa shape index (κ1) is 23.1. The summed E-state index contributed by atoms with van der Waals surface area (Å²) < 4.78 is 11.2. The molecule has 0 aromatic heterocycles. The molecule has 2 aromatic rings. The summed E-state index contributed by atoms with van der Waals surface area (Å²) in [5.41, 5.74) is 3.83. The fraction of sp³-hybridized carbons (Fsp3) is 0.480. The Hall–Kier alpha value is -2.57. The molecule has 0 spiro atoms. The number of morpholine rings is 1. The van der Waals surface area contributed by atoms with E-state index in [1.165, 1.54) is 16.7 Å². The van der Waals surface area contributed by atoms with Crippen molar-refractivity contribution in [2.45, 2.75) is 33.5 Å². The highest BCUT2D eigenvalue weighted by molar-refractivity contribution is 5.79. The van der Waals surface area contributed by atoms with Crippen LogP contribution >= 0.6 is 0 Å². The minimum Gasteiger partial charge on any atom is -0.493 e. The average molecular weight is 425 g/mol. The Kier molecular flexibility index (Phi) is 9.18. The van der Waals surface area contributed by atoms with E-state index in [4.69, 9.17) is 9.47 Å². The fourth-order valence-corrected chi connectivity index (χ4v) is 3.44. The van der Waals surface area contributed by atoms with Crippen LogP contribution in [0.25, 0.3) is 0 Å². The van der Waals surface area contributed by atoms with Gasteiger partial charge in [-0.25, -0.2) is 0 Å². The maximum atomic E-state index is 5.76. The standard InChI is InChI=1S/C25H36N4O2/c1-20(2)19-31-24-10-8-21(9-11-24)16-27-25(26-3)28-17-22-6-4-5-7-23(22)18-29-12-14-30-15-13-29/h4-11,20H,12-19H2,1-3H3,(H2,26,27,28). The average Bonchev–Trinajstić information content (AvgIpc) is 2.80. The number of guanidine groups is 1. The highest BCUT2D eigenvalue weighted by Gasteiger charge is 2.12. The molecule has 31 heavy (non-hydrogen) atoms. The number of hydrogen-bond acceptors (Lipinski definition) is 4. The SMILES string of the molecule is CN=C(NCc1ccc(OCC(C)C)cc1)NCc1ccccc1CN1CCOCC1. The van der Waals surface area contributed by atoms with Crippen molar-refractivity contribution in [1.29, 1.82) is 0 Å². The van der Waals surface area contributed by atoms with Crippen molar-refractivity contribution in [3.63, 3.8) is 0 Å². The minimum atomic E-state index is 0.523. The Morgan fingerprint density at radius 2 is 1.68 bits per heavy atom. The number of rotatable bonds is 9. The molecule has 0 aliphatic carbocycles. The Morgan fingerprint density at radius 1 is 1.00 bits per heavy atom. The molecular weight excluding hydrogens is 388 g/mol. The highest BCUT2D eigenvalue weighted by Crippen LogP contribution is 2.14. The van der Waals surface area contributed by atoms with E-state index in [0.717, 1.165) is 57.7 Å². The van der Waals surface area contributed by atoms with Gasteiger partial charge in [-0.05, 0) is 34.7 Å². The van der Waals surface area contributed by atoms with Crippen molar-refractivity contribution < 1.29 is 9.47 Å². The molecule has 1 fully saturated rings. The molecular formula is C25H36N4O2. The molecule has 0 atom stereocenters. The Morgan fingerprint density at radius 3 is 2.35 bits per heavy atom. The second-order valence-electron chi connectivity index (χ2n) is 8.29. The van der Waals surface area contributed by atoms with E-state index < -0.39 is 0 Å². The van der Waals surface area contributed by atoms with Crippen LogP contribution in [-0.4, -0.2) is 50.8 Å². The first-order valence-corrected chi connectivity index (χ1v) is 11.2. The van der Waals surface area contributed by atoms with Gasteiger partial charge in [0.15, 0.2) is 5.96 Å². The monoisotopic (exact) mass is 424 g/mol. The highest BCUT2D eigenvalue weighted by atomic mass is 16.5. The minimum absolute atomic E-state index is 0.523. The molecule has 1 aliphatic heterocycles. The summed E-state index contributed by atoms with van der Waals surface area (Å²) >= 11 is 0. The third kappa shape index (κ3) is 7.89. The van der Waals surface area contributed by atoms with Gasteiger partial charge >= 0.3 is 0 Å². The van der Waals surface area contributed by atoms with Gasteiger partial charge in [-0.15, -0.1) is 0 Å². The van der Waals surface area contributed by atoms with Gasteiger partial charge in [0.05, 0.1) is 19.8 Å². The van der Waals surface area contributed by atoms with E-state index in [0.29, 0.717) is 12.5 Å². The number of ether oxygens (including phenoxy) is 2. The van der Waals surface area contributed by atoms with Crippen LogP contribution in [0.2, 0.25) is 0 Å². The van der Waals surface area contributed by atoms with Crippen LogP contribution in [0, 0.1) is 5.92 Å². The molecule has 2 N–H and O–H groups in total. The maximum Gasteiger partial charge on any atom is 0.191 e.